The SMILES string of the molecule is [CH2]c1cc(Cl)c([N+](=O)[O-])cc1S(=O)(=O)Cl. The third kappa shape index (κ3) is 2.58. The van der Waals surface area contributed by atoms with Crippen molar-refractivity contribution in [1.29, 1.82) is 0 Å². The summed E-state index contributed by atoms with van der Waals surface area (Å²) in [4.78, 5) is 9.26. The first-order valence-corrected chi connectivity index (χ1v) is 6.17. The van der Waals surface area contributed by atoms with Gasteiger partial charge in [0.05, 0.1) is 9.82 Å². The van der Waals surface area contributed by atoms with E-state index in [0.717, 1.165) is 12.1 Å². The van der Waals surface area contributed by atoms with E-state index in [1.165, 1.54) is 0 Å². The van der Waals surface area contributed by atoms with Crippen molar-refractivity contribution in [2.75, 3.05) is 0 Å². The van der Waals surface area contributed by atoms with Gasteiger partial charge < -0.3 is 0 Å². The second-order valence-electron chi connectivity index (χ2n) is 2.61. The summed E-state index contributed by atoms with van der Waals surface area (Å²) in [5, 5.41) is 10.3. The average molecular weight is 269 g/mol. The number of nitro groups is 1. The average Bonchev–Trinajstić information content (AvgIpc) is 2.00. The van der Waals surface area contributed by atoms with E-state index in [4.69, 9.17) is 22.3 Å². The lowest BCUT2D eigenvalue weighted by Gasteiger charge is -2.02. The molecule has 1 aromatic carbocycles. The van der Waals surface area contributed by atoms with Crippen molar-refractivity contribution in [1.82, 2.24) is 0 Å². The molecule has 0 aromatic heterocycles. The zero-order chi connectivity index (χ0) is 11.8. The summed E-state index contributed by atoms with van der Waals surface area (Å²) >= 11 is 5.53. The molecule has 0 bridgehead atoms. The predicted octanol–water partition coefficient (Wildman–Crippen LogP) is 2.36. The van der Waals surface area contributed by atoms with Gasteiger partial charge in [0.2, 0.25) is 0 Å². The normalized spacial score (nSPS) is 11.4. The fourth-order valence-electron chi connectivity index (χ4n) is 0.951. The van der Waals surface area contributed by atoms with E-state index >= 15 is 0 Å². The molecule has 0 fully saturated rings. The Morgan fingerprint density at radius 3 is 2.33 bits per heavy atom. The topological polar surface area (TPSA) is 77.3 Å². The molecule has 81 valence electrons. The number of hydrogen-bond acceptors (Lipinski definition) is 4. The molecule has 0 aliphatic heterocycles. The Kier molecular flexibility index (Phi) is 3.22. The van der Waals surface area contributed by atoms with Gasteiger partial charge in [0.15, 0.2) is 0 Å². The first-order chi connectivity index (χ1) is 6.73. The zero-order valence-electron chi connectivity index (χ0n) is 7.11. The van der Waals surface area contributed by atoms with Crippen molar-refractivity contribution in [2.24, 2.45) is 0 Å². The maximum Gasteiger partial charge on any atom is 0.289 e. The summed E-state index contributed by atoms with van der Waals surface area (Å²) in [5.41, 5.74) is -0.510. The largest absolute Gasteiger partial charge is 0.289 e. The molecule has 0 N–H and O–H groups in total. The van der Waals surface area contributed by atoms with Crippen LogP contribution in [0.4, 0.5) is 5.69 Å². The van der Waals surface area contributed by atoms with Crippen LogP contribution in [0.2, 0.25) is 5.02 Å². The Labute approximate surface area is 95.2 Å². The molecule has 1 radical (unpaired) electrons. The van der Waals surface area contributed by atoms with Gasteiger partial charge in [-0.2, -0.15) is 0 Å². The summed E-state index contributed by atoms with van der Waals surface area (Å²) in [6.07, 6.45) is 0. The van der Waals surface area contributed by atoms with Crippen molar-refractivity contribution in [3.05, 3.63) is 39.8 Å². The molecule has 0 aliphatic rings. The highest BCUT2D eigenvalue weighted by molar-refractivity contribution is 8.13. The maximum atomic E-state index is 11.0. The monoisotopic (exact) mass is 268 g/mol. The van der Waals surface area contributed by atoms with Crippen LogP contribution in [0, 0.1) is 17.0 Å². The number of rotatable bonds is 2. The third-order valence-corrected chi connectivity index (χ3v) is 3.30. The predicted molar refractivity (Wildman–Crippen MR) is 55.6 cm³/mol. The van der Waals surface area contributed by atoms with Crippen LogP contribution in [-0.2, 0) is 9.05 Å². The van der Waals surface area contributed by atoms with Gasteiger partial charge in [-0.05, 0) is 18.6 Å². The molecule has 1 aromatic rings. The number of nitro benzene ring substituents is 1. The van der Waals surface area contributed by atoms with Crippen molar-refractivity contribution < 1.29 is 13.3 Å². The van der Waals surface area contributed by atoms with Crippen LogP contribution >= 0.6 is 22.3 Å². The van der Waals surface area contributed by atoms with E-state index < -0.39 is 24.6 Å². The Morgan fingerprint density at radius 1 is 1.40 bits per heavy atom. The number of halogens is 2. The van der Waals surface area contributed by atoms with Gasteiger partial charge in [0.25, 0.3) is 14.7 Å². The first kappa shape index (κ1) is 12.2. The highest BCUT2D eigenvalue weighted by Crippen LogP contribution is 2.31. The second kappa shape index (κ2) is 3.96. The molecular weight excluding hydrogens is 265 g/mol. The Morgan fingerprint density at radius 2 is 1.93 bits per heavy atom. The molecule has 0 saturated carbocycles. The van der Waals surface area contributed by atoms with E-state index in [0.29, 0.717) is 0 Å². The van der Waals surface area contributed by atoms with E-state index in [1.54, 1.807) is 0 Å². The number of benzene rings is 1. The van der Waals surface area contributed by atoms with Crippen LogP contribution in [0.15, 0.2) is 17.0 Å². The van der Waals surface area contributed by atoms with Crippen LogP contribution in [-0.4, -0.2) is 13.3 Å². The Bertz CT molecular complexity index is 526. The van der Waals surface area contributed by atoms with Gasteiger partial charge in [-0.25, -0.2) is 8.42 Å². The standard InChI is InChI=1S/C7H4Cl2NO4S/c1-4-2-5(8)6(10(11)12)3-7(4)15(9,13)14/h2-3H,1H2. The van der Waals surface area contributed by atoms with Gasteiger partial charge >= 0.3 is 0 Å². The lowest BCUT2D eigenvalue weighted by atomic mass is 10.2. The van der Waals surface area contributed by atoms with Crippen LogP contribution in [0.25, 0.3) is 0 Å². The molecule has 0 heterocycles. The lowest BCUT2D eigenvalue weighted by Crippen LogP contribution is -1.98. The highest BCUT2D eigenvalue weighted by Gasteiger charge is 2.21. The highest BCUT2D eigenvalue weighted by atomic mass is 35.7. The summed E-state index contributed by atoms with van der Waals surface area (Å²) < 4.78 is 22.0. The molecule has 8 heteroatoms. The minimum Gasteiger partial charge on any atom is -0.258 e. The molecule has 0 spiro atoms. The molecule has 0 aliphatic carbocycles. The van der Waals surface area contributed by atoms with Crippen molar-refractivity contribution in [2.45, 2.75) is 4.90 Å². The minimum atomic E-state index is -4.06. The molecule has 0 saturated heterocycles. The van der Waals surface area contributed by atoms with Crippen molar-refractivity contribution in [3.8, 4) is 0 Å². The van der Waals surface area contributed by atoms with Gasteiger partial charge in [-0.15, -0.1) is 0 Å². The van der Waals surface area contributed by atoms with E-state index in [1.807, 2.05) is 0 Å². The molecule has 15 heavy (non-hydrogen) atoms. The molecule has 0 atom stereocenters. The van der Waals surface area contributed by atoms with Crippen LogP contribution in [0.5, 0.6) is 0 Å². The summed E-state index contributed by atoms with van der Waals surface area (Å²) in [5.74, 6) is 0. The van der Waals surface area contributed by atoms with Crippen molar-refractivity contribution >= 4 is 37.0 Å². The Hall–Kier alpha value is -0.850. The Balaban J connectivity index is 3.58. The smallest absolute Gasteiger partial charge is 0.258 e. The van der Waals surface area contributed by atoms with Crippen LogP contribution < -0.4 is 0 Å². The zero-order valence-corrected chi connectivity index (χ0v) is 9.43. The number of hydrogen-bond donors (Lipinski definition) is 0. The fourth-order valence-corrected chi connectivity index (χ4v) is 2.26. The summed E-state index contributed by atoms with van der Waals surface area (Å²) in [6, 6.07) is 1.86. The van der Waals surface area contributed by atoms with Crippen LogP contribution in [0.3, 0.4) is 0 Å². The second-order valence-corrected chi connectivity index (χ2v) is 5.55. The first-order valence-electron chi connectivity index (χ1n) is 3.48. The van der Waals surface area contributed by atoms with Crippen molar-refractivity contribution in [3.63, 3.8) is 0 Å². The maximum absolute atomic E-state index is 11.0. The summed E-state index contributed by atoms with van der Waals surface area (Å²) in [7, 11) is 1.000. The molecule has 1 rings (SSSR count). The fraction of sp³-hybridized carbons (Fsp3) is 0. The van der Waals surface area contributed by atoms with Gasteiger partial charge in [0, 0.05) is 16.7 Å². The van der Waals surface area contributed by atoms with Gasteiger partial charge in [0.1, 0.15) is 5.02 Å². The molecule has 0 unspecified atom stereocenters. The molecular formula is C7H4Cl2NO4S. The molecule has 5 nitrogen and oxygen atoms in total. The lowest BCUT2D eigenvalue weighted by molar-refractivity contribution is -0.384. The molecule has 0 amide bonds. The number of nitrogens with zero attached hydrogens (tertiary/aromatic N) is 1. The van der Waals surface area contributed by atoms with Gasteiger partial charge in [-0.1, -0.05) is 11.6 Å². The third-order valence-electron chi connectivity index (χ3n) is 1.59. The van der Waals surface area contributed by atoms with E-state index in [-0.39, 0.29) is 10.6 Å². The van der Waals surface area contributed by atoms with E-state index in [9.17, 15) is 18.5 Å². The quantitative estimate of drug-likeness (QED) is 0.469. The van der Waals surface area contributed by atoms with Gasteiger partial charge in [-0.3, -0.25) is 10.1 Å². The summed E-state index contributed by atoms with van der Waals surface area (Å²) in [6.45, 7) is 3.38. The van der Waals surface area contributed by atoms with Crippen LogP contribution in [0.1, 0.15) is 5.56 Å². The minimum absolute atomic E-state index is 0.0144. The van der Waals surface area contributed by atoms with E-state index in [2.05, 4.69) is 6.92 Å².